The van der Waals surface area contributed by atoms with Crippen LogP contribution < -0.4 is 15.6 Å². The molecule has 0 fully saturated rings. The summed E-state index contributed by atoms with van der Waals surface area (Å²) in [5.41, 5.74) is 5.56. The standard InChI is InChI=1S/C17H21BrN2O/c1-11-6-5-7-16(20(4)19)14(11)10-21-17-9-12(2)15(18)8-13(17)3/h5-9H,10,19H2,1-4H3. The summed E-state index contributed by atoms with van der Waals surface area (Å²) in [5.74, 6) is 6.80. The fourth-order valence-electron chi connectivity index (χ4n) is 2.26. The molecule has 0 unspecified atom stereocenters. The third kappa shape index (κ3) is 3.57. The second kappa shape index (κ2) is 6.50. The molecule has 0 saturated heterocycles. The molecule has 0 radical (unpaired) electrons. The Balaban J connectivity index is 2.27. The van der Waals surface area contributed by atoms with E-state index in [2.05, 4.69) is 48.0 Å². The van der Waals surface area contributed by atoms with Crippen molar-refractivity contribution in [3.05, 3.63) is 57.1 Å². The average Bonchev–Trinajstić information content (AvgIpc) is 2.42. The van der Waals surface area contributed by atoms with Gasteiger partial charge in [0.15, 0.2) is 0 Å². The molecule has 2 rings (SSSR count). The van der Waals surface area contributed by atoms with Crippen LogP contribution in [0.15, 0.2) is 34.8 Å². The van der Waals surface area contributed by atoms with E-state index in [1.54, 1.807) is 5.01 Å². The van der Waals surface area contributed by atoms with Crippen molar-refractivity contribution < 1.29 is 4.74 Å². The van der Waals surface area contributed by atoms with E-state index >= 15 is 0 Å². The average molecular weight is 349 g/mol. The van der Waals surface area contributed by atoms with E-state index in [1.165, 1.54) is 5.56 Å². The summed E-state index contributed by atoms with van der Waals surface area (Å²) >= 11 is 3.54. The van der Waals surface area contributed by atoms with Crippen molar-refractivity contribution in [2.24, 2.45) is 5.84 Å². The predicted octanol–water partition coefficient (Wildman–Crippen LogP) is 4.26. The van der Waals surface area contributed by atoms with Gasteiger partial charge in [0.2, 0.25) is 0 Å². The molecular formula is C17H21BrN2O. The van der Waals surface area contributed by atoms with Crippen LogP contribution in [0.25, 0.3) is 0 Å². The Morgan fingerprint density at radius 3 is 2.48 bits per heavy atom. The van der Waals surface area contributed by atoms with Gasteiger partial charge in [0.05, 0.1) is 5.69 Å². The maximum Gasteiger partial charge on any atom is 0.123 e. The van der Waals surface area contributed by atoms with E-state index in [4.69, 9.17) is 10.6 Å². The Hall–Kier alpha value is -1.52. The van der Waals surface area contributed by atoms with Crippen molar-refractivity contribution in [2.45, 2.75) is 27.4 Å². The van der Waals surface area contributed by atoms with Gasteiger partial charge < -0.3 is 9.75 Å². The highest BCUT2D eigenvalue weighted by molar-refractivity contribution is 9.10. The van der Waals surface area contributed by atoms with Gasteiger partial charge in [-0.3, -0.25) is 0 Å². The third-order valence-corrected chi connectivity index (χ3v) is 4.45. The normalized spacial score (nSPS) is 10.6. The second-order valence-electron chi connectivity index (χ2n) is 5.34. The van der Waals surface area contributed by atoms with Crippen LogP contribution >= 0.6 is 15.9 Å². The topological polar surface area (TPSA) is 38.5 Å². The Morgan fingerprint density at radius 1 is 1.10 bits per heavy atom. The number of nitrogens with zero attached hydrogens (tertiary/aromatic N) is 1. The van der Waals surface area contributed by atoms with Gasteiger partial charge in [-0.1, -0.05) is 28.1 Å². The zero-order valence-corrected chi connectivity index (χ0v) is 14.5. The van der Waals surface area contributed by atoms with Gasteiger partial charge in [-0.05, 0) is 55.7 Å². The number of rotatable bonds is 4. The number of ether oxygens (including phenoxy) is 1. The zero-order valence-electron chi connectivity index (χ0n) is 12.9. The molecule has 0 aromatic heterocycles. The fraction of sp³-hybridized carbons (Fsp3) is 0.294. The number of hydrazine groups is 1. The fourth-order valence-corrected chi connectivity index (χ4v) is 2.72. The number of anilines is 1. The lowest BCUT2D eigenvalue weighted by atomic mass is 10.1. The summed E-state index contributed by atoms with van der Waals surface area (Å²) in [7, 11) is 1.84. The van der Waals surface area contributed by atoms with Gasteiger partial charge in [0, 0.05) is 17.1 Å². The maximum atomic E-state index is 6.03. The lowest BCUT2D eigenvalue weighted by molar-refractivity contribution is 0.303. The molecule has 21 heavy (non-hydrogen) atoms. The SMILES string of the molecule is Cc1cc(OCc2c(C)cccc2N(C)N)c(C)cc1Br. The van der Waals surface area contributed by atoms with E-state index < -0.39 is 0 Å². The third-order valence-electron chi connectivity index (χ3n) is 3.59. The van der Waals surface area contributed by atoms with Gasteiger partial charge in [0.1, 0.15) is 12.4 Å². The van der Waals surface area contributed by atoms with Crippen molar-refractivity contribution in [2.75, 3.05) is 12.1 Å². The molecule has 0 aliphatic heterocycles. The molecule has 0 aliphatic carbocycles. The van der Waals surface area contributed by atoms with Crippen molar-refractivity contribution in [3.8, 4) is 5.75 Å². The second-order valence-corrected chi connectivity index (χ2v) is 6.19. The largest absolute Gasteiger partial charge is 0.489 e. The van der Waals surface area contributed by atoms with Gasteiger partial charge in [-0.15, -0.1) is 0 Å². The van der Waals surface area contributed by atoms with E-state index in [-0.39, 0.29) is 0 Å². The van der Waals surface area contributed by atoms with E-state index in [9.17, 15) is 0 Å². The molecule has 0 saturated carbocycles. The number of aryl methyl sites for hydroxylation is 3. The van der Waals surface area contributed by atoms with Crippen LogP contribution in [-0.4, -0.2) is 7.05 Å². The minimum absolute atomic E-state index is 0.505. The molecule has 0 spiro atoms. The summed E-state index contributed by atoms with van der Waals surface area (Å²) in [6.07, 6.45) is 0. The lowest BCUT2D eigenvalue weighted by Crippen LogP contribution is -2.26. The van der Waals surface area contributed by atoms with E-state index in [1.807, 2.05) is 26.1 Å². The molecule has 112 valence electrons. The highest BCUT2D eigenvalue weighted by Crippen LogP contribution is 2.28. The summed E-state index contributed by atoms with van der Waals surface area (Å²) in [6, 6.07) is 10.2. The first-order chi connectivity index (χ1) is 9.90. The number of halogens is 1. The summed E-state index contributed by atoms with van der Waals surface area (Å²) < 4.78 is 7.13. The first-order valence-corrected chi connectivity index (χ1v) is 7.66. The van der Waals surface area contributed by atoms with Crippen molar-refractivity contribution in [1.82, 2.24) is 0 Å². The molecule has 2 N–H and O–H groups in total. The Labute approximate surface area is 134 Å². The van der Waals surface area contributed by atoms with E-state index in [0.717, 1.165) is 32.6 Å². The monoisotopic (exact) mass is 348 g/mol. The molecule has 2 aromatic carbocycles. The van der Waals surface area contributed by atoms with Crippen molar-refractivity contribution in [1.29, 1.82) is 0 Å². The minimum atomic E-state index is 0.505. The number of benzene rings is 2. The van der Waals surface area contributed by atoms with Gasteiger partial charge in [-0.25, -0.2) is 5.84 Å². The number of nitrogens with two attached hydrogens (primary N) is 1. The lowest BCUT2D eigenvalue weighted by Gasteiger charge is -2.20. The molecule has 0 amide bonds. The highest BCUT2D eigenvalue weighted by atomic mass is 79.9. The first-order valence-electron chi connectivity index (χ1n) is 6.86. The molecule has 3 nitrogen and oxygen atoms in total. The van der Waals surface area contributed by atoms with Crippen LogP contribution in [0.3, 0.4) is 0 Å². The van der Waals surface area contributed by atoms with Crippen LogP contribution in [0.4, 0.5) is 5.69 Å². The van der Waals surface area contributed by atoms with Gasteiger partial charge in [-0.2, -0.15) is 0 Å². The Bertz CT molecular complexity index is 653. The first kappa shape index (κ1) is 15.9. The highest BCUT2D eigenvalue weighted by Gasteiger charge is 2.10. The van der Waals surface area contributed by atoms with Crippen LogP contribution in [0.2, 0.25) is 0 Å². The maximum absolute atomic E-state index is 6.03. The van der Waals surface area contributed by atoms with E-state index in [0.29, 0.717) is 6.61 Å². The van der Waals surface area contributed by atoms with Crippen LogP contribution in [-0.2, 0) is 6.61 Å². The molecule has 0 heterocycles. The molecule has 0 bridgehead atoms. The molecule has 2 aromatic rings. The zero-order chi connectivity index (χ0) is 15.6. The van der Waals surface area contributed by atoms with Crippen LogP contribution in [0.1, 0.15) is 22.3 Å². The van der Waals surface area contributed by atoms with Gasteiger partial charge in [0.25, 0.3) is 0 Å². The summed E-state index contributed by atoms with van der Waals surface area (Å²) in [4.78, 5) is 0. The van der Waals surface area contributed by atoms with Crippen LogP contribution in [0, 0.1) is 20.8 Å². The summed E-state index contributed by atoms with van der Waals surface area (Å²) in [6.45, 7) is 6.69. The Kier molecular flexibility index (Phi) is 4.91. The molecule has 4 heteroatoms. The quantitative estimate of drug-likeness (QED) is 0.662. The predicted molar refractivity (Wildman–Crippen MR) is 91.7 cm³/mol. The molecular weight excluding hydrogens is 328 g/mol. The Morgan fingerprint density at radius 2 is 1.81 bits per heavy atom. The number of hydrogen-bond acceptors (Lipinski definition) is 3. The molecule has 0 aliphatic rings. The minimum Gasteiger partial charge on any atom is -0.489 e. The number of hydrogen-bond donors (Lipinski definition) is 1. The molecule has 0 atom stereocenters. The van der Waals surface area contributed by atoms with Crippen LogP contribution in [0.5, 0.6) is 5.75 Å². The smallest absolute Gasteiger partial charge is 0.123 e. The van der Waals surface area contributed by atoms with Gasteiger partial charge >= 0.3 is 0 Å². The van der Waals surface area contributed by atoms with Crippen molar-refractivity contribution in [3.63, 3.8) is 0 Å². The van der Waals surface area contributed by atoms with Crippen molar-refractivity contribution >= 4 is 21.6 Å². The summed E-state index contributed by atoms with van der Waals surface area (Å²) in [5, 5.41) is 1.63.